The van der Waals surface area contributed by atoms with E-state index in [2.05, 4.69) is 10.2 Å². The molecule has 0 saturated heterocycles. The van der Waals surface area contributed by atoms with Crippen molar-refractivity contribution in [1.29, 1.82) is 0 Å². The average Bonchev–Trinajstić information content (AvgIpc) is 2.33. The van der Waals surface area contributed by atoms with Gasteiger partial charge in [0, 0.05) is 6.42 Å². The molecule has 0 aliphatic heterocycles. The van der Waals surface area contributed by atoms with E-state index in [0.29, 0.717) is 11.3 Å². The molecule has 0 fully saturated rings. The number of hydrogen-bond donors (Lipinski definition) is 2. The molecule has 19 heavy (non-hydrogen) atoms. The van der Waals surface area contributed by atoms with E-state index in [0.717, 1.165) is 12.1 Å². The minimum Gasteiger partial charge on any atom is -0.396 e. The number of hydrogen-bond acceptors (Lipinski definition) is 4. The van der Waals surface area contributed by atoms with E-state index in [1.165, 1.54) is 12.1 Å². The van der Waals surface area contributed by atoms with Gasteiger partial charge in [0.15, 0.2) is 5.82 Å². The lowest BCUT2D eigenvalue weighted by atomic mass is 10.1. The number of alkyl halides is 3. The van der Waals surface area contributed by atoms with Crippen LogP contribution in [0, 0.1) is 0 Å². The molecule has 0 radical (unpaired) electrons. The molecule has 100 valence electrons. The van der Waals surface area contributed by atoms with Crippen LogP contribution in [0.1, 0.15) is 16.8 Å². The van der Waals surface area contributed by atoms with E-state index in [1.807, 2.05) is 0 Å². The van der Waals surface area contributed by atoms with Crippen LogP contribution in [0.2, 0.25) is 0 Å². The highest BCUT2D eigenvalue weighted by atomic mass is 19.4. The summed E-state index contributed by atoms with van der Waals surface area (Å²) in [5.74, 6) is 0.104. The van der Waals surface area contributed by atoms with Gasteiger partial charge in [0.2, 0.25) is 0 Å². The molecule has 0 spiro atoms. The second-order valence-corrected chi connectivity index (χ2v) is 4.05. The third kappa shape index (κ3) is 3.12. The van der Waals surface area contributed by atoms with Crippen molar-refractivity contribution in [2.45, 2.75) is 12.6 Å². The Morgan fingerprint density at radius 2 is 1.79 bits per heavy atom. The molecule has 4 nitrogen and oxygen atoms in total. The number of nitrogens with two attached hydrogens (primary N) is 2. The van der Waals surface area contributed by atoms with Crippen molar-refractivity contribution in [2.24, 2.45) is 0 Å². The summed E-state index contributed by atoms with van der Waals surface area (Å²) < 4.78 is 37.7. The van der Waals surface area contributed by atoms with Crippen LogP contribution < -0.4 is 11.5 Å². The summed E-state index contributed by atoms with van der Waals surface area (Å²) in [6.07, 6.45) is -4.15. The molecule has 0 atom stereocenters. The Hall–Kier alpha value is -2.31. The average molecular weight is 268 g/mol. The summed E-state index contributed by atoms with van der Waals surface area (Å²) in [7, 11) is 0. The summed E-state index contributed by atoms with van der Waals surface area (Å²) in [6, 6.07) is 6.54. The third-order valence-corrected chi connectivity index (χ3v) is 2.54. The standard InChI is InChI=1S/C12H11F3N4/c13-12(14,15)8-3-1-2-7(4-8)5-9-6-10(16)11(17)19-18-9/h1-4,6H,5H2,(H2,16,18)(H2,17,19). The molecule has 0 aliphatic carbocycles. The van der Waals surface area contributed by atoms with Crippen molar-refractivity contribution in [3.05, 3.63) is 47.2 Å². The minimum absolute atomic E-state index is 0.104. The Morgan fingerprint density at radius 1 is 1.05 bits per heavy atom. The van der Waals surface area contributed by atoms with E-state index in [1.54, 1.807) is 6.07 Å². The van der Waals surface area contributed by atoms with Gasteiger partial charge in [-0.05, 0) is 17.7 Å². The molecule has 0 bridgehead atoms. The quantitative estimate of drug-likeness (QED) is 0.875. The highest BCUT2D eigenvalue weighted by Crippen LogP contribution is 2.29. The maximum atomic E-state index is 12.6. The highest BCUT2D eigenvalue weighted by molar-refractivity contribution is 5.57. The third-order valence-electron chi connectivity index (χ3n) is 2.54. The van der Waals surface area contributed by atoms with Crippen molar-refractivity contribution in [2.75, 3.05) is 11.5 Å². The van der Waals surface area contributed by atoms with Gasteiger partial charge in [-0.25, -0.2) is 0 Å². The SMILES string of the molecule is Nc1cc(Cc2cccc(C(F)(F)F)c2)nnc1N. The molecule has 0 amide bonds. The van der Waals surface area contributed by atoms with Crippen LogP contribution in [0.4, 0.5) is 24.7 Å². The molecule has 1 aromatic carbocycles. The number of nitrogen functional groups attached to an aromatic ring is 2. The van der Waals surface area contributed by atoms with Gasteiger partial charge in [-0.1, -0.05) is 18.2 Å². The van der Waals surface area contributed by atoms with Crippen LogP contribution in [0.5, 0.6) is 0 Å². The first-order chi connectivity index (χ1) is 8.86. The number of nitrogens with zero attached hydrogens (tertiary/aromatic N) is 2. The highest BCUT2D eigenvalue weighted by Gasteiger charge is 2.30. The zero-order chi connectivity index (χ0) is 14.0. The van der Waals surface area contributed by atoms with Crippen molar-refractivity contribution >= 4 is 11.5 Å². The Labute approximate surface area is 107 Å². The fourth-order valence-corrected chi connectivity index (χ4v) is 1.61. The summed E-state index contributed by atoms with van der Waals surface area (Å²) >= 11 is 0. The van der Waals surface area contributed by atoms with Gasteiger partial charge in [-0.15, -0.1) is 5.10 Å². The van der Waals surface area contributed by atoms with Crippen LogP contribution in [0.3, 0.4) is 0 Å². The normalized spacial score (nSPS) is 11.5. The van der Waals surface area contributed by atoms with Crippen molar-refractivity contribution in [1.82, 2.24) is 10.2 Å². The predicted octanol–water partition coefficient (Wildman–Crippen LogP) is 2.25. The Bertz CT molecular complexity index is 596. The topological polar surface area (TPSA) is 77.8 Å². The van der Waals surface area contributed by atoms with E-state index in [9.17, 15) is 13.2 Å². The monoisotopic (exact) mass is 268 g/mol. The van der Waals surface area contributed by atoms with Gasteiger partial charge in [0.25, 0.3) is 0 Å². The van der Waals surface area contributed by atoms with Crippen molar-refractivity contribution < 1.29 is 13.2 Å². The number of aromatic nitrogens is 2. The van der Waals surface area contributed by atoms with Crippen LogP contribution in [-0.2, 0) is 12.6 Å². The van der Waals surface area contributed by atoms with Gasteiger partial charge in [0.05, 0.1) is 16.9 Å². The lowest BCUT2D eigenvalue weighted by molar-refractivity contribution is -0.137. The lowest BCUT2D eigenvalue weighted by Crippen LogP contribution is -2.06. The second kappa shape index (κ2) is 4.75. The van der Waals surface area contributed by atoms with E-state index >= 15 is 0 Å². The molecule has 7 heteroatoms. The first-order valence-corrected chi connectivity index (χ1v) is 5.40. The Kier molecular flexibility index (Phi) is 3.28. The molecular weight excluding hydrogens is 257 g/mol. The number of halogens is 3. The minimum atomic E-state index is -4.36. The van der Waals surface area contributed by atoms with Crippen LogP contribution in [0.25, 0.3) is 0 Å². The van der Waals surface area contributed by atoms with E-state index < -0.39 is 11.7 Å². The van der Waals surface area contributed by atoms with Gasteiger partial charge in [-0.2, -0.15) is 18.3 Å². The molecule has 1 aromatic heterocycles. The molecule has 0 unspecified atom stereocenters. The molecular formula is C12H11F3N4. The van der Waals surface area contributed by atoms with Gasteiger partial charge >= 0.3 is 6.18 Å². The number of rotatable bonds is 2. The zero-order valence-electron chi connectivity index (χ0n) is 9.78. The van der Waals surface area contributed by atoms with Crippen LogP contribution >= 0.6 is 0 Å². The molecule has 2 aromatic rings. The van der Waals surface area contributed by atoms with Gasteiger partial charge in [-0.3, -0.25) is 0 Å². The van der Waals surface area contributed by atoms with Crippen LogP contribution in [0.15, 0.2) is 30.3 Å². The lowest BCUT2D eigenvalue weighted by Gasteiger charge is -2.08. The van der Waals surface area contributed by atoms with Gasteiger partial charge in [0.1, 0.15) is 0 Å². The number of benzene rings is 1. The molecule has 0 aliphatic rings. The molecule has 0 saturated carbocycles. The number of anilines is 2. The largest absolute Gasteiger partial charge is 0.416 e. The van der Waals surface area contributed by atoms with Gasteiger partial charge < -0.3 is 11.5 Å². The van der Waals surface area contributed by atoms with E-state index in [-0.39, 0.29) is 17.9 Å². The smallest absolute Gasteiger partial charge is 0.396 e. The summed E-state index contributed by atoms with van der Waals surface area (Å²) in [5.41, 5.74) is 11.5. The predicted molar refractivity (Wildman–Crippen MR) is 65.1 cm³/mol. The Balaban J connectivity index is 2.26. The fourth-order valence-electron chi connectivity index (χ4n) is 1.61. The van der Waals surface area contributed by atoms with E-state index in [4.69, 9.17) is 11.5 Å². The van der Waals surface area contributed by atoms with Crippen LogP contribution in [-0.4, -0.2) is 10.2 Å². The molecule has 2 rings (SSSR count). The van der Waals surface area contributed by atoms with Crippen molar-refractivity contribution in [3.63, 3.8) is 0 Å². The summed E-state index contributed by atoms with van der Waals surface area (Å²) in [4.78, 5) is 0. The first-order valence-electron chi connectivity index (χ1n) is 5.40. The second-order valence-electron chi connectivity index (χ2n) is 4.05. The first kappa shape index (κ1) is 13.1. The summed E-state index contributed by atoms with van der Waals surface area (Å²) in [6.45, 7) is 0. The molecule has 4 N–H and O–H groups in total. The zero-order valence-corrected chi connectivity index (χ0v) is 9.78. The summed E-state index contributed by atoms with van der Waals surface area (Å²) in [5, 5.41) is 7.42. The fraction of sp³-hybridized carbons (Fsp3) is 0.167. The van der Waals surface area contributed by atoms with Crippen molar-refractivity contribution in [3.8, 4) is 0 Å². The maximum Gasteiger partial charge on any atom is 0.416 e. The maximum absolute atomic E-state index is 12.6. The Morgan fingerprint density at radius 3 is 2.42 bits per heavy atom. The molecule has 1 heterocycles.